The Morgan fingerprint density at radius 1 is 1.02 bits per heavy atom. The van der Waals surface area contributed by atoms with Crippen molar-refractivity contribution in [3.8, 4) is 23.0 Å². The third kappa shape index (κ3) is 9.61. The lowest BCUT2D eigenvalue weighted by Gasteiger charge is -2.42. The molecule has 2 aromatic rings. The molecule has 4 aliphatic rings. The first kappa shape index (κ1) is 44.4. The molecule has 0 bridgehead atoms. The lowest BCUT2D eigenvalue weighted by Crippen LogP contribution is -2.62. The second-order valence-electron chi connectivity index (χ2n) is 14.4. The smallest absolute Gasteiger partial charge is 0.351 e. The van der Waals surface area contributed by atoms with E-state index in [0.29, 0.717) is 5.56 Å². The molecule has 22 nitrogen and oxygen atoms in total. The number of nitrogens with one attached hydrogen (secondary N) is 1. The second-order valence-corrected chi connectivity index (χ2v) is 14.4. The number of allylic oxidation sites excluding steroid dienone is 2. The first-order valence-electron chi connectivity index (χ1n) is 18.4. The fourth-order valence-electron chi connectivity index (χ4n) is 6.96. The highest BCUT2D eigenvalue weighted by molar-refractivity contribution is 5.90. The molecule has 0 unspecified atom stereocenters. The minimum atomic E-state index is -2.24. The Hall–Kier alpha value is -6.11. The van der Waals surface area contributed by atoms with Crippen molar-refractivity contribution in [2.75, 3.05) is 26.9 Å². The molecule has 10 atom stereocenters. The Morgan fingerprint density at radius 2 is 1.77 bits per heavy atom. The summed E-state index contributed by atoms with van der Waals surface area (Å²) in [6, 6.07) is 4.01. The zero-order valence-electron chi connectivity index (χ0n) is 32.0. The summed E-state index contributed by atoms with van der Waals surface area (Å²) >= 11 is 0. The van der Waals surface area contributed by atoms with Crippen LogP contribution in [0.25, 0.3) is 6.08 Å². The van der Waals surface area contributed by atoms with Gasteiger partial charge in [0.15, 0.2) is 47.2 Å². The SMILES string of the molecule is COc1cc(/C=C/C(=O)OC[C@@]2(O)CO[C@@H](O[C@H]3[C@H](Oc4cc5c(cc4O)[N+](=C/C=C4/C=C(C(=O)O)N[C@H](C(=O)O)C4)[C@H](C(=O)[O-])C5)O[C@H](CO)[C@@H](O)[C@@H]3O)[C@@H]2O)ccc1O. The number of phenolic OH excluding ortho intramolecular Hbond substituents is 2. The van der Waals surface area contributed by atoms with E-state index in [1.54, 1.807) is 0 Å². The number of aliphatic hydroxyl groups excluding tert-OH is 4. The van der Waals surface area contributed by atoms with Gasteiger partial charge >= 0.3 is 17.9 Å². The summed E-state index contributed by atoms with van der Waals surface area (Å²) < 4.78 is 34.1. The van der Waals surface area contributed by atoms with Crippen molar-refractivity contribution in [1.29, 1.82) is 0 Å². The van der Waals surface area contributed by atoms with Crippen LogP contribution >= 0.6 is 0 Å². The lowest BCUT2D eigenvalue weighted by molar-refractivity contribution is -0.475. The number of carboxylic acids is 3. The Bertz CT molecular complexity index is 2170. The van der Waals surface area contributed by atoms with Crippen molar-refractivity contribution in [3.05, 3.63) is 71.0 Å². The van der Waals surface area contributed by atoms with Crippen LogP contribution in [0.4, 0.5) is 5.69 Å². The molecule has 2 fully saturated rings. The number of hydrogen-bond acceptors (Lipinski definition) is 19. The summed E-state index contributed by atoms with van der Waals surface area (Å²) in [5, 5.41) is 108. The molecule has 6 rings (SSSR count). The molecule has 0 saturated carbocycles. The number of nitrogens with zero attached hydrogens (tertiary/aromatic N) is 1. The topological polar surface area (TPSA) is 344 Å². The molecule has 0 amide bonds. The fourth-order valence-corrected chi connectivity index (χ4v) is 6.96. The summed E-state index contributed by atoms with van der Waals surface area (Å²) in [5.74, 6) is -6.14. The average Bonchev–Trinajstić information content (AvgIpc) is 3.73. The van der Waals surface area contributed by atoms with Gasteiger partial charge in [0.05, 0.1) is 26.4 Å². The van der Waals surface area contributed by atoms with Gasteiger partial charge in [-0.1, -0.05) is 6.07 Å². The van der Waals surface area contributed by atoms with Gasteiger partial charge in [-0.25, -0.2) is 14.4 Å². The van der Waals surface area contributed by atoms with E-state index in [-0.39, 0.29) is 46.9 Å². The molecule has 0 spiro atoms. The number of methoxy groups -OCH3 is 1. The summed E-state index contributed by atoms with van der Waals surface area (Å²) in [6.45, 7) is -2.27. The fraction of sp³-hybridized carbons (Fsp3) is 0.410. The minimum Gasteiger partial charge on any atom is -0.543 e. The number of aliphatic carboxylic acids is 3. The number of rotatable bonds is 14. The maximum atomic E-state index is 12.5. The van der Waals surface area contributed by atoms with Gasteiger partial charge in [-0.05, 0) is 41.5 Å². The van der Waals surface area contributed by atoms with E-state index in [4.69, 9.17) is 28.4 Å². The van der Waals surface area contributed by atoms with E-state index >= 15 is 0 Å². The molecule has 0 aliphatic carbocycles. The van der Waals surface area contributed by atoms with Crippen molar-refractivity contribution in [1.82, 2.24) is 5.32 Å². The molecule has 0 radical (unpaired) electrons. The number of fused-ring (bicyclic) bond motifs is 1. The molecule has 10 N–H and O–H groups in total. The van der Waals surface area contributed by atoms with E-state index in [1.165, 1.54) is 60.4 Å². The van der Waals surface area contributed by atoms with Gasteiger partial charge in [-0.2, -0.15) is 4.58 Å². The molecular weight excluding hydrogens is 816 g/mol. The number of carbonyl (C=O) groups is 4. The summed E-state index contributed by atoms with van der Waals surface area (Å²) in [6.07, 6.45) is -6.66. The number of carbonyl (C=O) groups excluding carboxylic acids is 2. The van der Waals surface area contributed by atoms with Gasteiger partial charge in [0, 0.05) is 30.6 Å². The van der Waals surface area contributed by atoms with E-state index in [0.717, 1.165) is 12.1 Å². The van der Waals surface area contributed by atoms with Crippen LogP contribution in [0.2, 0.25) is 0 Å². The quantitative estimate of drug-likeness (QED) is 0.0506. The molecule has 61 heavy (non-hydrogen) atoms. The Kier molecular flexibility index (Phi) is 13.3. The van der Waals surface area contributed by atoms with E-state index in [2.05, 4.69) is 5.32 Å². The van der Waals surface area contributed by atoms with Crippen molar-refractivity contribution in [2.24, 2.45) is 0 Å². The standard InChI is InChI=1S/C39H42N2O20/c1-56-26-10-17(2-4-24(26)43)3-5-29(45)57-15-39(55)16-58-38(33(39)48)61-32-31(47)30(46)28(14-42)60-37(32)59-27-12-19-11-23(36(53)54)41(22(19)13-25(27)44)7-6-18-8-20(34(49)50)40-21(9-18)35(51)52/h2-8,10,12-13,21,23,28,30-33,37-38,42,46-48,55H,9,11,14-16H2,1H3,(H5,43,44,45,49,50,51,52,53,54)/t21-,23-,28+,30+,31-,32+,33-,37+,38-,39+/m0/s1. The second kappa shape index (κ2) is 18.2. The van der Waals surface area contributed by atoms with E-state index in [1.807, 2.05) is 0 Å². The lowest BCUT2D eigenvalue weighted by atomic mass is 9.98. The van der Waals surface area contributed by atoms with Crippen molar-refractivity contribution < 1.29 is 103 Å². The van der Waals surface area contributed by atoms with Gasteiger partial charge < -0.3 is 89.6 Å². The number of esters is 1. The van der Waals surface area contributed by atoms with Crippen LogP contribution in [-0.4, -0.2) is 168 Å². The number of phenols is 2. The summed E-state index contributed by atoms with van der Waals surface area (Å²) in [4.78, 5) is 47.9. The highest BCUT2D eigenvalue weighted by atomic mass is 16.8. The normalized spacial score (nSPS) is 31.0. The van der Waals surface area contributed by atoms with Crippen molar-refractivity contribution in [3.63, 3.8) is 0 Å². The third-order valence-corrected chi connectivity index (χ3v) is 10.3. The first-order valence-corrected chi connectivity index (χ1v) is 18.4. The Balaban J connectivity index is 1.18. The van der Waals surface area contributed by atoms with Crippen LogP contribution in [0.1, 0.15) is 17.5 Å². The molecule has 0 aromatic heterocycles. The van der Waals surface area contributed by atoms with Crippen molar-refractivity contribution in [2.45, 2.75) is 73.6 Å². The molecule has 4 heterocycles. The maximum Gasteiger partial charge on any atom is 0.351 e. The number of ether oxygens (including phenoxy) is 6. The average molecular weight is 859 g/mol. The first-order chi connectivity index (χ1) is 28.9. The zero-order valence-corrected chi connectivity index (χ0v) is 32.0. The van der Waals surface area contributed by atoms with Crippen LogP contribution in [-0.2, 0) is 44.5 Å². The summed E-state index contributed by atoms with van der Waals surface area (Å²) in [7, 11) is 1.34. The largest absolute Gasteiger partial charge is 0.543 e. The van der Waals surface area contributed by atoms with Gasteiger partial charge in [-0.15, -0.1) is 0 Å². The number of aliphatic hydroxyl groups is 5. The van der Waals surface area contributed by atoms with Crippen LogP contribution in [0.15, 0.2) is 59.8 Å². The number of hydrogen-bond donors (Lipinski definition) is 10. The maximum absolute atomic E-state index is 12.5. The van der Waals surface area contributed by atoms with Crippen LogP contribution in [0.3, 0.4) is 0 Å². The highest BCUT2D eigenvalue weighted by Gasteiger charge is 2.54. The Labute approximate surface area is 344 Å². The van der Waals surface area contributed by atoms with Crippen LogP contribution < -0.4 is 19.9 Å². The minimum absolute atomic E-state index is 0.121. The monoisotopic (exact) mass is 858 g/mol. The molecule has 22 heteroatoms. The number of benzene rings is 2. The van der Waals surface area contributed by atoms with E-state index < -0.39 is 116 Å². The molecule has 2 aromatic carbocycles. The van der Waals surface area contributed by atoms with Gasteiger partial charge in [0.25, 0.3) is 0 Å². The van der Waals surface area contributed by atoms with Crippen LogP contribution in [0, 0.1) is 0 Å². The van der Waals surface area contributed by atoms with Crippen LogP contribution in [0.5, 0.6) is 23.0 Å². The zero-order chi connectivity index (χ0) is 44.3. The molecular formula is C39H42N2O20. The molecule has 4 aliphatic heterocycles. The highest BCUT2D eigenvalue weighted by Crippen LogP contribution is 2.41. The molecule has 2 saturated heterocycles. The van der Waals surface area contributed by atoms with Gasteiger partial charge in [0.2, 0.25) is 18.0 Å². The predicted molar refractivity (Wildman–Crippen MR) is 198 cm³/mol. The van der Waals surface area contributed by atoms with Gasteiger partial charge in [-0.3, -0.25) is 0 Å². The molecule has 328 valence electrons. The van der Waals surface area contributed by atoms with Gasteiger partial charge in [0.1, 0.15) is 48.7 Å². The van der Waals surface area contributed by atoms with Crippen molar-refractivity contribution >= 4 is 41.9 Å². The van der Waals surface area contributed by atoms with E-state index in [9.17, 15) is 70.2 Å². The Morgan fingerprint density at radius 3 is 2.44 bits per heavy atom. The summed E-state index contributed by atoms with van der Waals surface area (Å²) in [5.41, 5.74) is -1.53. The third-order valence-electron chi connectivity index (χ3n) is 10.3. The number of aromatic hydroxyl groups is 2. The number of carboxylic acid groups (broad SMARTS) is 3. The predicted octanol–water partition coefficient (Wildman–Crippen LogP) is -3.25.